The molecule has 1 aromatic carbocycles. The van der Waals surface area contributed by atoms with E-state index in [4.69, 9.17) is 23.8 Å². The highest BCUT2D eigenvalue weighted by molar-refractivity contribution is 5.28. The highest BCUT2D eigenvalue weighted by atomic mass is 16.7. The molecule has 0 aliphatic carbocycles. The van der Waals surface area contributed by atoms with Crippen LogP contribution in [-0.4, -0.2) is 54.5 Å². The average Bonchev–Trinajstić information content (AvgIpc) is 3.56. The van der Waals surface area contributed by atoms with Gasteiger partial charge < -0.3 is 18.9 Å². The quantitative estimate of drug-likeness (QED) is 0.531. The van der Waals surface area contributed by atoms with Crippen molar-refractivity contribution >= 4 is 0 Å². The molecule has 1 aromatic rings. The predicted octanol–water partition coefficient (Wildman–Crippen LogP) is 5.27. The van der Waals surface area contributed by atoms with Gasteiger partial charge in [0.1, 0.15) is 24.6 Å². The van der Waals surface area contributed by atoms with Crippen molar-refractivity contribution in [1.82, 2.24) is 5.06 Å². The van der Waals surface area contributed by atoms with Crippen molar-refractivity contribution < 1.29 is 23.8 Å². The van der Waals surface area contributed by atoms with Crippen LogP contribution in [0.3, 0.4) is 0 Å². The first-order valence-electron chi connectivity index (χ1n) is 12.1. The van der Waals surface area contributed by atoms with Crippen LogP contribution >= 0.6 is 0 Å². The predicted molar refractivity (Wildman–Crippen MR) is 123 cm³/mol. The van der Waals surface area contributed by atoms with Gasteiger partial charge >= 0.3 is 0 Å². The molecule has 3 aliphatic rings. The van der Waals surface area contributed by atoms with Crippen molar-refractivity contribution in [3.05, 3.63) is 29.8 Å². The average molecular weight is 448 g/mol. The van der Waals surface area contributed by atoms with Crippen LogP contribution in [0.2, 0.25) is 0 Å². The molecule has 3 aliphatic heterocycles. The summed E-state index contributed by atoms with van der Waals surface area (Å²) in [6.45, 7) is 18.3. The molecule has 2 unspecified atom stereocenters. The van der Waals surface area contributed by atoms with Gasteiger partial charge in [-0.1, -0.05) is 26.0 Å². The Morgan fingerprint density at radius 2 is 1.56 bits per heavy atom. The van der Waals surface area contributed by atoms with Gasteiger partial charge in [0.15, 0.2) is 5.79 Å². The van der Waals surface area contributed by atoms with Gasteiger partial charge in [0.2, 0.25) is 0 Å². The van der Waals surface area contributed by atoms with E-state index in [1.165, 1.54) is 0 Å². The van der Waals surface area contributed by atoms with E-state index in [1.54, 1.807) is 0 Å². The van der Waals surface area contributed by atoms with Crippen molar-refractivity contribution in [1.29, 1.82) is 0 Å². The summed E-state index contributed by atoms with van der Waals surface area (Å²) in [4.78, 5) is 6.61. The van der Waals surface area contributed by atoms with Crippen LogP contribution in [0, 0.1) is 5.41 Å². The molecule has 1 spiro atoms. The molecule has 3 saturated heterocycles. The SMILES string of the molecule is CCC1(C)COC2(CC(C)(C)N(OC(C)c3ccc(OCC4CO4)cc3)C(C)(C)C2)OC1. The van der Waals surface area contributed by atoms with E-state index in [0.717, 1.165) is 50.4 Å². The smallest absolute Gasteiger partial charge is 0.171 e. The number of hydrogen-bond acceptors (Lipinski definition) is 6. The maximum Gasteiger partial charge on any atom is 0.171 e. The Bertz CT molecular complexity index is 758. The minimum absolute atomic E-state index is 0.0833. The fraction of sp³-hybridized carbons (Fsp3) is 0.769. The lowest BCUT2D eigenvalue weighted by molar-refractivity contribution is -0.389. The maximum absolute atomic E-state index is 6.61. The zero-order valence-electron chi connectivity index (χ0n) is 20.9. The van der Waals surface area contributed by atoms with E-state index in [0.29, 0.717) is 6.61 Å². The fourth-order valence-electron chi connectivity index (χ4n) is 5.14. The molecule has 6 heteroatoms. The Balaban J connectivity index is 1.42. The molecule has 32 heavy (non-hydrogen) atoms. The van der Waals surface area contributed by atoms with Gasteiger partial charge in [0.05, 0.1) is 19.8 Å². The minimum atomic E-state index is -0.547. The first-order chi connectivity index (χ1) is 15.0. The summed E-state index contributed by atoms with van der Waals surface area (Å²) in [5.41, 5.74) is 0.728. The van der Waals surface area contributed by atoms with Gasteiger partial charge in [0, 0.05) is 29.3 Å². The van der Waals surface area contributed by atoms with Crippen LogP contribution in [-0.2, 0) is 19.0 Å². The summed E-state index contributed by atoms with van der Waals surface area (Å²) in [6.07, 6.45) is 2.77. The van der Waals surface area contributed by atoms with Crippen LogP contribution in [0.5, 0.6) is 5.75 Å². The topological polar surface area (TPSA) is 52.7 Å². The number of ether oxygens (including phenoxy) is 4. The third kappa shape index (κ3) is 5.15. The number of piperidine rings is 1. The molecule has 0 bridgehead atoms. The molecule has 3 fully saturated rings. The van der Waals surface area contributed by atoms with Crippen LogP contribution in [0.4, 0.5) is 0 Å². The molecule has 3 heterocycles. The summed E-state index contributed by atoms with van der Waals surface area (Å²) in [7, 11) is 0. The summed E-state index contributed by atoms with van der Waals surface area (Å²) in [5, 5.41) is 2.17. The summed E-state index contributed by atoms with van der Waals surface area (Å²) < 4.78 is 23.9. The van der Waals surface area contributed by atoms with E-state index in [1.807, 2.05) is 12.1 Å². The number of hydroxylamine groups is 2. The van der Waals surface area contributed by atoms with E-state index in [9.17, 15) is 0 Å². The summed E-state index contributed by atoms with van der Waals surface area (Å²) >= 11 is 0. The molecule has 0 amide bonds. The van der Waals surface area contributed by atoms with Gasteiger partial charge in [-0.15, -0.1) is 0 Å². The van der Waals surface area contributed by atoms with Crippen molar-refractivity contribution in [2.75, 3.05) is 26.4 Å². The highest BCUT2D eigenvalue weighted by Crippen LogP contribution is 2.49. The van der Waals surface area contributed by atoms with Crippen molar-refractivity contribution in [2.24, 2.45) is 5.41 Å². The van der Waals surface area contributed by atoms with Gasteiger partial charge in [-0.05, 0) is 58.7 Å². The van der Waals surface area contributed by atoms with Crippen molar-refractivity contribution in [3.63, 3.8) is 0 Å². The van der Waals surface area contributed by atoms with Crippen molar-refractivity contribution in [2.45, 2.75) is 96.8 Å². The largest absolute Gasteiger partial charge is 0.491 e. The monoisotopic (exact) mass is 447 g/mol. The van der Waals surface area contributed by atoms with Gasteiger partial charge in [-0.2, -0.15) is 5.06 Å². The molecule has 4 rings (SSSR count). The van der Waals surface area contributed by atoms with Crippen molar-refractivity contribution in [3.8, 4) is 5.75 Å². The fourth-order valence-corrected chi connectivity index (χ4v) is 5.14. The third-order valence-electron chi connectivity index (χ3n) is 7.18. The second-order valence-corrected chi connectivity index (χ2v) is 11.5. The zero-order valence-corrected chi connectivity index (χ0v) is 20.9. The normalized spacial score (nSPS) is 28.9. The molecule has 0 saturated carbocycles. The zero-order chi connectivity index (χ0) is 23.2. The Kier molecular flexibility index (Phi) is 6.40. The van der Waals surface area contributed by atoms with Crippen LogP contribution in [0.15, 0.2) is 24.3 Å². The van der Waals surface area contributed by atoms with Gasteiger partial charge in [-0.25, -0.2) is 0 Å². The Morgan fingerprint density at radius 1 is 1.00 bits per heavy atom. The molecule has 0 aromatic heterocycles. The third-order valence-corrected chi connectivity index (χ3v) is 7.18. The lowest BCUT2D eigenvalue weighted by Crippen LogP contribution is -2.68. The minimum Gasteiger partial charge on any atom is -0.491 e. The lowest BCUT2D eigenvalue weighted by atomic mass is 9.76. The molecule has 0 radical (unpaired) electrons. The lowest BCUT2D eigenvalue weighted by Gasteiger charge is -2.59. The molecule has 0 N–H and O–H groups in total. The molecule has 2 atom stereocenters. The number of rotatable bonds is 7. The summed E-state index contributed by atoms with van der Waals surface area (Å²) in [6, 6.07) is 8.18. The first kappa shape index (κ1) is 24.0. The number of epoxide rings is 1. The van der Waals surface area contributed by atoms with Crippen LogP contribution in [0.25, 0.3) is 0 Å². The van der Waals surface area contributed by atoms with Crippen LogP contribution in [0.1, 0.15) is 79.4 Å². The van der Waals surface area contributed by atoms with E-state index in [2.05, 4.69) is 65.7 Å². The van der Waals surface area contributed by atoms with Gasteiger partial charge in [0.25, 0.3) is 0 Å². The Morgan fingerprint density at radius 3 is 2.06 bits per heavy atom. The molecular weight excluding hydrogens is 406 g/mol. The number of hydrogen-bond donors (Lipinski definition) is 0. The Labute approximate surface area is 193 Å². The molecular formula is C26H41NO5. The molecule has 6 nitrogen and oxygen atoms in total. The highest BCUT2D eigenvalue weighted by Gasteiger charge is 2.57. The first-order valence-corrected chi connectivity index (χ1v) is 12.1. The molecule has 180 valence electrons. The second kappa shape index (κ2) is 8.55. The Hall–Kier alpha value is -1.18. The van der Waals surface area contributed by atoms with E-state index in [-0.39, 0.29) is 28.7 Å². The number of nitrogens with zero attached hydrogens (tertiary/aromatic N) is 1. The number of benzene rings is 1. The van der Waals surface area contributed by atoms with E-state index < -0.39 is 5.79 Å². The van der Waals surface area contributed by atoms with Gasteiger partial charge in [-0.3, -0.25) is 4.84 Å². The van der Waals surface area contributed by atoms with Crippen LogP contribution < -0.4 is 4.74 Å². The summed E-state index contributed by atoms with van der Waals surface area (Å²) in [5.74, 6) is 0.317. The standard InChI is InChI=1S/C26H41NO5/c1-8-25(7)17-30-26(31-18-25)15-23(3,4)27(24(5,6)16-26)32-19(2)20-9-11-21(12-10-20)28-13-22-14-29-22/h9-12,19,22H,8,13-18H2,1-7H3. The van der Waals surface area contributed by atoms with E-state index >= 15 is 0 Å². The maximum atomic E-state index is 6.61. The second-order valence-electron chi connectivity index (χ2n) is 11.5.